The molecule has 0 saturated carbocycles. The summed E-state index contributed by atoms with van der Waals surface area (Å²) >= 11 is 0. The molecule has 5 N–H and O–H groups in total. The third-order valence-electron chi connectivity index (χ3n) is 8.50. The first-order valence-corrected chi connectivity index (χ1v) is 24.0. The maximum Gasteiger partial charge on any atom is 0.472 e. The second-order valence-corrected chi connectivity index (χ2v) is 17.3. The fourth-order valence-corrected chi connectivity index (χ4v) is 6.32. The van der Waals surface area contributed by atoms with Crippen molar-refractivity contribution in [3.8, 4) is 0 Å². The van der Waals surface area contributed by atoms with E-state index >= 15 is 0 Å². The number of hydrogen-bond acceptors (Lipinski definition) is 11. The number of allylic oxidation sites excluding steroid dienone is 9. The van der Waals surface area contributed by atoms with Crippen molar-refractivity contribution in [1.82, 2.24) is 0 Å². The Morgan fingerprint density at radius 3 is 1.71 bits per heavy atom. The van der Waals surface area contributed by atoms with E-state index in [-0.39, 0.29) is 12.8 Å². The normalized spacial score (nSPS) is 15.3. The van der Waals surface area contributed by atoms with Gasteiger partial charge in [-0.1, -0.05) is 146 Å². The summed E-state index contributed by atoms with van der Waals surface area (Å²) in [6.07, 6.45) is 33.3. The number of rotatable bonds is 38. The van der Waals surface area contributed by atoms with Gasteiger partial charge < -0.3 is 34.4 Å². The van der Waals surface area contributed by atoms with E-state index in [9.17, 15) is 33.8 Å². The zero-order chi connectivity index (χ0) is 43.3. The summed E-state index contributed by atoms with van der Waals surface area (Å²) in [5.41, 5.74) is 0. The lowest BCUT2D eigenvalue weighted by atomic mass is 10.0. The minimum absolute atomic E-state index is 0.101. The summed E-state index contributed by atoms with van der Waals surface area (Å²) in [5, 5.41) is 19.2. The largest absolute Gasteiger partial charge is 0.472 e. The highest BCUT2D eigenvalue weighted by atomic mass is 31.2. The molecule has 0 aliphatic rings. The van der Waals surface area contributed by atoms with Crippen LogP contribution in [0.1, 0.15) is 143 Å². The molecule has 0 aliphatic carbocycles. The van der Waals surface area contributed by atoms with Gasteiger partial charge >= 0.3 is 27.6 Å². The van der Waals surface area contributed by atoms with Crippen LogP contribution in [0, 0.1) is 5.92 Å². The first kappa shape index (κ1) is 55.8. The molecular weight excluding hydrogens is 790 g/mol. The summed E-state index contributed by atoms with van der Waals surface area (Å²) in [4.78, 5) is 52.6. The Bertz CT molecular complexity index is 1290. The van der Waals surface area contributed by atoms with Gasteiger partial charge in [-0.05, 0) is 50.9 Å². The summed E-state index contributed by atoms with van der Waals surface area (Å²) in [6, 6.07) is 0. The first-order valence-electron chi connectivity index (χ1n) is 20.9. The highest BCUT2D eigenvalue weighted by molar-refractivity contribution is 7.47. The predicted molar refractivity (Wildman–Crippen MR) is 227 cm³/mol. The van der Waals surface area contributed by atoms with Crippen molar-refractivity contribution < 1.29 is 66.7 Å². The van der Waals surface area contributed by atoms with Gasteiger partial charge in [-0.25, -0.2) is 9.13 Å². The fourth-order valence-electron chi connectivity index (χ4n) is 5.17. The number of unbranched alkanes of at least 4 members (excludes halogenated alkanes) is 10. The first-order chi connectivity index (χ1) is 27.6. The van der Waals surface area contributed by atoms with E-state index in [1.165, 1.54) is 38.5 Å². The average Bonchev–Trinajstić information content (AvgIpc) is 3.17. The molecule has 0 aromatic heterocycles. The number of carbonyl (C=O) groups is 2. The van der Waals surface area contributed by atoms with Crippen molar-refractivity contribution in [3.63, 3.8) is 0 Å². The Morgan fingerprint density at radius 2 is 1.12 bits per heavy atom. The van der Waals surface area contributed by atoms with Gasteiger partial charge in [0.2, 0.25) is 0 Å². The molecule has 4 atom stereocenters. The van der Waals surface area contributed by atoms with Gasteiger partial charge in [0.15, 0.2) is 6.10 Å². The van der Waals surface area contributed by atoms with Crippen LogP contribution in [0.2, 0.25) is 0 Å². The lowest BCUT2D eigenvalue weighted by Gasteiger charge is -2.20. The van der Waals surface area contributed by atoms with Crippen LogP contribution >= 0.6 is 15.6 Å². The maximum absolute atomic E-state index is 12.6. The van der Waals surface area contributed by atoms with Gasteiger partial charge in [0.25, 0.3) is 0 Å². The SMILES string of the molecule is CC[C@H](O)/C=C/C=C\C/C=C\C/C=C\C/C=C\CCCC(=O)OC[C@H](COP(=O)(O)OC[C@@H](O)COP(=O)(O)O)OC(=O)CCCCCCCCCCCCC(C)C. The molecule has 0 radical (unpaired) electrons. The number of aliphatic hydroxyl groups excluding tert-OH is 2. The van der Waals surface area contributed by atoms with Crippen LogP contribution in [0.15, 0.2) is 60.8 Å². The quantitative estimate of drug-likeness (QED) is 0.0129. The molecule has 0 rings (SSSR count). The Kier molecular flexibility index (Phi) is 35.2. The second-order valence-electron chi connectivity index (χ2n) is 14.6. The molecule has 16 heteroatoms. The van der Waals surface area contributed by atoms with Crippen molar-refractivity contribution in [2.24, 2.45) is 5.92 Å². The van der Waals surface area contributed by atoms with Crippen LogP contribution in [0.5, 0.6) is 0 Å². The minimum atomic E-state index is -4.87. The topological polar surface area (TPSA) is 216 Å². The van der Waals surface area contributed by atoms with Crippen LogP contribution in [0.4, 0.5) is 0 Å². The van der Waals surface area contributed by atoms with Crippen LogP contribution in [-0.4, -0.2) is 81.6 Å². The molecule has 0 fully saturated rings. The van der Waals surface area contributed by atoms with Crippen LogP contribution < -0.4 is 0 Å². The summed E-state index contributed by atoms with van der Waals surface area (Å²) in [7, 11) is -9.70. The number of carbonyl (C=O) groups excluding carboxylic acids is 2. The van der Waals surface area contributed by atoms with E-state index in [0.29, 0.717) is 25.7 Å². The zero-order valence-electron chi connectivity index (χ0n) is 35.2. The number of ether oxygens (including phenoxy) is 2. The van der Waals surface area contributed by atoms with E-state index in [2.05, 4.69) is 47.2 Å². The van der Waals surface area contributed by atoms with Crippen molar-refractivity contribution in [2.45, 2.75) is 161 Å². The van der Waals surface area contributed by atoms with E-state index in [4.69, 9.17) is 23.8 Å². The van der Waals surface area contributed by atoms with E-state index in [1.54, 1.807) is 6.08 Å². The van der Waals surface area contributed by atoms with E-state index in [0.717, 1.165) is 50.9 Å². The molecule has 0 heterocycles. The molecule has 0 aliphatic heterocycles. The third-order valence-corrected chi connectivity index (χ3v) is 9.93. The molecule has 1 unspecified atom stereocenters. The summed E-state index contributed by atoms with van der Waals surface area (Å²) < 4.78 is 47.6. The Hall–Kier alpha value is -2.22. The number of esters is 2. The van der Waals surface area contributed by atoms with E-state index in [1.807, 2.05) is 37.3 Å². The number of hydrogen-bond donors (Lipinski definition) is 5. The number of phosphoric acid groups is 2. The average molecular weight is 865 g/mol. The van der Waals surface area contributed by atoms with Gasteiger partial charge in [0.05, 0.1) is 25.9 Å². The smallest absolute Gasteiger partial charge is 0.462 e. The highest BCUT2D eigenvalue weighted by Gasteiger charge is 2.28. The van der Waals surface area contributed by atoms with E-state index < -0.39 is 72.3 Å². The fraction of sp³-hybridized carbons (Fsp3) is 0.714. The number of aliphatic hydroxyl groups is 2. The van der Waals surface area contributed by atoms with Crippen molar-refractivity contribution in [2.75, 3.05) is 26.4 Å². The molecule has 0 bridgehead atoms. The molecular formula is C42H74O14P2. The molecule has 14 nitrogen and oxygen atoms in total. The predicted octanol–water partition coefficient (Wildman–Crippen LogP) is 9.27. The molecule has 58 heavy (non-hydrogen) atoms. The van der Waals surface area contributed by atoms with Gasteiger partial charge in [-0.3, -0.25) is 23.2 Å². The molecule has 0 saturated heterocycles. The Labute approximate surface area is 347 Å². The van der Waals surface area contributed by atoms with Gasteiger partial charge in [-0.2, -0.15) is 0 Å². The Balaban J connectivity index is 4.65. The minimum Gasteiger partial charge on any atom is -0.462 e. The summed E-state index contributed by atoms with van der Waals surface area (Å²) in [6.45, 7) is 3.63. The maximum atomic E-state index is 12.6. The lowest BCUT2D eigenvalue weighted by molar-refractivity contribution is -0.161. The van der Waals surface area contributed by atoms with Crippen LogP contribution in [0.3, 0.4) is 0 Å². The van der Waals surface area contributed by atoms with Crippen LogP contribution in [-0.2, 0) is 41.8 Å². The monoisotopic (exact) mass is 864 g/mol. The van der Waals surface area contributed by atoms with Gasteiger partial charge in [-0.15, -0.1) is 0 Å². The number of phosphoric ester groups is 2. The summed E-state index contributed by atoms with van der Waals surface area (Å²) in [5.74, 6) is -0.362. The van der Waals surface area contributed by atoms with Gasteiger partial charge in [0, 0.05) is 12.8 Å². The van der Waals surface area contributed by atoms with Crippen molar-refractivity contribution in [3.05, 3.63) is 60.8 Å². The van der Waals surface area contributed by atoms with Crippen LogP contribution in [0.25, 0.3) is 0 Å². The molecule has 0 aromatic rings. The van der Waals surface area contributed by atoms with Crippen molar-refractivity contribution in [1.29, 1.82) is 0 Å². The van der Waals surface area contributed by atoms with Gasteiger partial charge in [0.1, 0.15) is 12.7 Å². The molecule has 336 valence electrons. The molecule has 0 spiro atoms. The standard InChI is InChI=1S/C42H74O14P2/c1-4-38(43)30-26-22-18-14-9-7-5-6-8-10-15-19-23-27-31-41(45)52-35-40(36-55-58(50,51)54-34-39(44)33-53-57(47,48)49)56-42(46)32-28-24-20-16-12-11-13-17-21-25-29-37(2)3/h6-9,15,18-19,22,26,30,37-40,43-44H,4-5,10-14,16-17,20-21,23-25,27-29,31-36H2,1-3H3,(H,50,51)(H2,47,48,49)/b8-6-,9-7-,19-15-,22-18-,30-26+/t38-,39-,40+/m0/s1. The Morgan fingerprint density at radius 1 is 0.603 bits per heavy atom. The van der Waals surface area contributed by atoms with Crippen molar-refractivity contribution >= 4 is 27.6 Å². The zero-order valence-corrected chi connectivity index (χ0v) is 36.9. The highest BCUT2D eigenvalue weighted by Crippen LogP contribution is 2.43. The second kappa shape index (κ2) is 36.6. The molecule has 0 aromatic carbocycles. The lowest BCUT2D eigenvalue weighted by Crippen LogP contribution is -2.30. The molecule has 0 amide bonds. The third kappa shape index (κ3) is 40.6.